The van der Waals surface area contributed by atoms with E-state index in [1.165, 1.54) is 5.06 Å². The first kappa shape index (κ1) is 18.4. The maximum absolute atomic E-state index is 14.2. The molecule has 1 N–H and O–H groups in total. The Labute approximate surface area is 155 Å². The van der Waals surface area contributed by atoms with E-state index in [1.807, 2.05) is 106 Å². The summed E-state index contributed by atoms with van der Waals surface area (Å²) in [5.74, 6) is 0. The zero-order valence-corrected chi connectivity index (χ0v) is 16.2. The topological polar surface area (TPSA) is 40.5 Å². The van der Waals surface area contributed by atoms with E-state index in [0.717, 1.165) is 15.9 Å². The predicted octanol–water partition coefficient (Wildman–Crippen LogP) is 4.32. The fraction of sp³-hybridized carbons (Fsp3) is 0.182. The molecule has 0 aliphatic carbocycles. The first-order valence-corrected chi connectivity index (χ1v) is 10.4. The van der Waals surface area contributed by atoms with Crippen LogP contribution in [0.25, 0.3) is 0 Å². The van der Waals surface area contributed by atoms with Crippen molar-refractivity contribution in [2.75, 3.05) is 5.06 Å². The lowest BCUT2D eigenvalue weighted by Crippen LogP contribution is -2.38. The van der Waals surface area contributed by atoms with Crippen molar-refractivity contribution < 1.29 is 9.77 Å². The van der Waals surface area contributed by atoms with Crippen LogP contribution in [0.3, 0.4) is 0 Å². The van der Waals surface area contributed by atoms with Gasteiger partial charge in [0.15, 0.2) is 7.14 Å². The van der Waals surface area contributed by atoms with Gasteiger partial charge in [0.2, 0.25) is 0 Å². The molecule has 0 atom stereocenters. The summed E-state index contributed by atoms with van der Waals surface area (Å²) in [5, 5.41) is 13.9. The van der Waals surface area contributed by atoms with Crippen molar-refractivity contribution in [3.63, 3.8) is 0 Å². The summed E-state index contributed by atoms with van der Waals surface area (Å²) in [7, 11) is -2.97. The molecular formula is C22H24NO2P. The minimum absolute atomic E-state index is 0.413. The molecule has 0 heterocycles. The quantitative estimate of drug-likeness (QED) is 0.553. The second kappa shape index (κ2) is 7.11. The number of hydrogen-bond donors (Lipinski definition) is 1. The summed E-state index contributed by atoms with van der Waals surface area (Å²) >= 11 is 0. The van der Waals surface area contributed by atoms with Gasteiger partial charge in [-0.1, -0.05) is 60.7 Å². The Bertz CT molecular complexity index is 857. The fourth-order valence-corrected chi connectivity index (χ4v) is 5.56. The van der Waals surface area contributed by atoms with E-state index in [9.17, 15) is 9.77 Å². The number of hydroxylamine groups is 1. The van der Waals surface area contributed by atoms with Crippen LogP contribution in [-0.2, 0) is 4.57 Å². The van der Waals surface area contributed by atoms with Crippen LogP contribution in [-0.4, -0.2) is 10.7 Å². The van der Waals surface area contributed by atoms with Crippen molar-refractivity contribution in [2.45, 2.75) is 26.3 Å². The third-order valence-corrected chi connectivity index (χ3v) is 7.41. The van der Waals surface area contributed by atoms with Gasteiger partial charge in [-0.05, 0) is 45.0 Å². The van der Waals surface area contributed by atoms with E-state index < -0.39 is 12.7 Å². The minimum atomic E-state index is -2.97. The van der Waals surface area contributed by atoms with Gasteiger partial charge in [0.05, 0.1) is 11.2 Å². The largest absolute Gasteiger partial charge is 0.309 e. The SMILES string of the molecule is CC(C)(C)N(O)c1ccc(P(=O)(c2ccccc2)c2ccccc2)cc1. The third kappa shape index (κ3) is 3.46. The Kier molecular flexibility index (Phi) is 5.04. The number of rotatable bonds is 4. The Morgan fingerprint density at radius 3 is 1.46 bits per heavy atom. The predicted molar refractivity (Wildman–Crippen MR) is 110 cm³/mol. The first-order valence-electron chi connectivity index (χ1n) is 8.64. The van der Waals surface area contributed by atoms with Crippen LogP contribution >= 0.6 is 7.14 Å². The standard InChI is InChI=1S/C22H24NO2P/c1-22(2,3)23(24)18-14-16-21(17-15-18)26(25,19-10-6-4-7-11-19)20-12-8-5-9-13-20/h4-17,24H,1-3H3. The summed E-state index contributed by atoms with van der Waals surface area (Å²) in [6.07, 6.45) is 0. The zero-order valence-electron chi connectivity index (χ0n) is 15.3. The van der Waals surface area contributed by atoms with Crippen molar-refractivity contribution in [3.05, 3.63) is 84.9 Å². The highest BCUT2D eigenvalue weighted by Crippen LogP contribution is 2.42. The van der Waals surface area contributed by atoms with Gasteiger partial charge in [-0.3, -0.25) is 10.3 Å². The van der Waals surface area contributed by atoms with E-state index >= 15 is 0 Å². The van der Waals surface area contributed by atoms with Crippen LogP contribution in [0, 0.1) is 0 Å². The number of anilines is 1. The van der Waals surface area contributed by atoms with E-state index in [4.69, 9.17) is 0 Å². The van der Waals surface area contributed by atoms with Gasteiger partial charge in [-0.15, -0.1) is 0 Å². The maximum Gasteiger partial charge on any atom is 0.171 e. The van der Waals surface area contributed by atoms with Crippen LogP contribution in [0.5, 0.6) is 0 Å². The molecule has 0 aliphatic rings. The third-order valence-electron chi connectivity index (χ3n) is 4.33. The molecule has 3 rings (SSSR count). The van der Waals surface area contributed by atoms with Crippen molar-refractivity contribution in [1.82, 2.24) is 0 Å². The van der Waals surface area contributed by atoms with Crippen LogP contribution in [0.4, 0.5) is 5.69 Å². The number of hydrogen-bond acceptors (Lipinski definition) is 3. The van der Waals surface area contributed by atoms with Crippen LogP contribution in [0.2, 0.25) is 0 Å². The average Bonchev–Trinajstić information content (AvgIpc) is 2.67. The molecule has 3 aromatic rings. The van der Waals surface area contributed by atoms with Gasteiger partial charge < -0.3 is 4.57 Å². The maximum atomic E-state index is 14.2. The molecule has 3 aromatic carbocycles. The Balaban J connectivity index is 2.11. The second-order valence-electron chi connectivity index (χ2n) is 7.28. The van der Waals surface area contributed by atoms with E-state index in [2.05, 4.69) is 0 Å². The molecule has 0 saturated carbocycles. The highest BCUT2D eigenvalue weighted by Gasteiger charge is 2.30. The molecule has 3 nitrogen and oxygen atoms in total. The highest BCUT2D eigenvalue weighted by atomic mass is 31.2. The van der Waals surface area contributed by atoms with Crippen molar-refractivity contribution in [2.24, 2.45) is 0 Å². The van der Waals surface area contributed by atoms with Gasteiger partial charge in [0.1, 0.15) is 0 Å². The molecule has 0 spiro atoms. The van der Waals surface area contributed by atoms with Gasteiger partial charge in [0, 0.05) is 15.9 Å². The van der Waals surface area contributed by atoms with Crippen molar-refractivity contribution >= 4 is 28.7 Å². The molecule has 0 fully saturated rings. The van der Waals surface area contributed by atoms with Gasteiger partial charge in [-0.2, -0.15) is 0 Å². The summed E-state index contributed by atoms with van der Waals surface area (Å²) in [6, 6.07) is 26.5. The lowest BCUT2D eigenvalue weighted by molar-refractivity contribution is 0.181. The molecular weight excluding hydrogens is 341 g/mol. The van der Waals surface area contributed by atoms with Crippen LogP contribution in [0.15, 0.2) is 84.9 Å². The normalized spacial score (nSPS) is 12.0. The average molecular weight is 365 g/mol. The molecule has 26 heavy (non-hydrogen) atoms. The highest BCUT2D eigenvalue weighted by molar-refractivity contribution is 7.85. The molecule has 0 saturated heterocycles. The number of nitrogens with zero attached hydrogens (tertiary/aromatic N) is 1. The van der Waals surface area contributed by atoms with E-state index in [1.54, 1.807) is 0 Å². The molecule has 134 valence electrons. The Morgan fingerprint density at radius 1 is 0.692 bits per heavy atom. The van der Waals surface area contributed by atoms with Crippen molar-refractivity contribution in [3.8, 4) is 0 Å². The van der Waals surface area contributed by atoms with E-state index in [0.29, 0.717) is 5.69 Å². The van der Waals surface area contributed by atoms with Gasteiger partial charge in [0.25, 0.3) is 0 Å². The molecule has 0 unspecified atom stereocenters. The first-order chi connectivity index (χ1) is 12.3. The summed E-state index contributed by atoms with van der Waals surface area (Å²) in [4.78, 5) is 0. The molecule has 0 aliphatic heterocycles. The number of benzene rings is 3. The molecule has 0 radical (unpaired) electrons. The lowest BCUT2D eigenvalue weighted by atomic mass is 10.1. The fourth-order valence-electron chi connectivity index (χ4n) is 2.91. The summed E-state index contributed by atoms with van der Waals surface area (Å²) in [6.45, 7) is 5.79. The molecule has 0 aromatic heterocycles. The summed E-state index contributed by atoms with van der Waals surface area (Å²) < 4.78 is 14.2. The molecule has 4 heteroatoms. The molecule has 0 bridgehead atoms. The molecule has 0 amide bonds. The minimum Gasteiger partial charge on any atom is -0.309 e. The van der Waals surface area contributed by atoms with Gasteiger partial charge in [-0.25, -0.2) is 0 Å². The Morgan fingerprint density at radius 2 is 1.08 bits per heavy atom. The van der Waals surface area contributed by atoms with E-state index in [-0.39, 0.29) is 0 Å². The monoisotopic (exact) mass is 365 g/mol. The van der Waals surface area contributed by atoms with Gasteiger partial charge >= 0.3 is 0 Å². The van der Waals surface area contributed by atoms with Crippen molar-refractivity contribution in [1.29, 1.82) is 0 Å². The van der Waals surface area contributed by atoms with Crippen LogP contribution < -0.4 is 21.0 Å². The second-order valence-corrected chi connectivity index (χ2v) is 10.0. The smallest absolute Gasteiger partial charge is 0.171 e. The summed E-state index contributed by atoms with van der Waals surface area (Å²) in [5.41, 5.74) is 0.262. The Hall–Kier alpha value is -2.35. The zero-order chi connectivity index (χ0) is 18.8. The lowest BCUT2D eigenvalue weighted by Gasteiger charge is -2.31. The van der Waals surface area contributed by atoms with Crippen LogP contribution in [0.1, 0.15) is 20.8 Å².